The third kappa shape index (κ3) is 5.41. The molecule has 0 amide bonds. The van der Waals surface area contributed by atoms with E-state index in [1.54, 1.807) is 24.3 Å². The molecule has 0 aliphatic heterocycles. The molecule has 2 aromatic rings. The Bertz CT molecular complexity index is 728. The van der Waals surface area contributed by atoms with Crippen LogP contribution in [0.25, 0.3) is 0 Å². The van der Waals surface area contributed by atoms with E-state index in [-0.39, 0.29) is 13.2 Å². The highest BCUT2D eigenvalue weighted by Crippen LogP contribution is 2.59. The Morgan fingerprint density at radius 2 is 1.56 bits per heavy atom. The first-order valence-electron chi connectivity index (χ1n) is 7.70. The minimum Gasteiger partial charge on any atom is -0.457 e. The number of hydrogen-bond donors (Lipinski definition) is 1. The summed E-state index contributed by atoms with van der Waals surface area (Å²) in [7, 11) is -3.81. The number of rotatable bonds is 10. The first kappa shape index (κ1) is 19.2. The first-order valence-corrected chi connectivity index (χ1v) is 9.32. The first-order chi connectivity index (χ1) is 12.1. The van der Waals surface area contributed by atoms with Crippen molar-refractivity contribution in [1.29, 1.82) is 0 Å². The summed E-state index contributed by atoms with van der Waals surface area (Å²) in [6, 6.07) is 15.9. The van der Waals surface area contributed by atoms with Crippen molar-refractivity contribution in [3.05, 3.63) is 85.5 Å². The number of aliphatic hydroxyl groups is 1. The second kappa shape index (κ2) is 9.35. The van der Waals surface area contributed by atoms with Crippen molar-refractivity contribution < 1.29 is 23.5 Å². The average molecular weight is 360 g/mol. The molecule has 0 saturated heterocycles. The minimum atomic E-state index is -3.81. The van der Waals surface area contributed by atoms with Crippen molar-refractivity contribution in [3.63, 3.8) is 0 Å². The van der Waals surface area contributed by atoms with Crippen LogP contribution < -0.4 is 4.74 Å². The van der Waals surface area contributed by atoms with E-state index in [2.05, 4.69) is 13.2 Å². The third-order valence-corrected chi connectivity index (χ3v) is 5.09. The number of benzene rings is 2. The Labute approximate surface area is 147 Å². The monoisotopic (exact) mass is 360 g/mol. The quantitative estimate of drug-likeness (QED) is 0.473. The van der Waals surface area contributed by atoms with Gasteiger partial charge in [0.1, 0.15) is 11.5 Å². The van der Waals surface area contributed by atoms with Crippen LogP contribution in [-0.2, 0) is 13.6 Å². The number of ether oxygens (including phenoxy) is 1. The highest BCUT2D eigenvalue weighted by Gasteiger charge is 2.35. The molecular weight excluding hydrogens is 339 g/mol. The van der Waals surface area contributed by atoms with E-state index in [0.717, 1.165) is 0 Å². The molecule has 6 heteroatoms. The molecule has 1 N–H and O–H groups in total. The maximum Gasteiger partial charge on any atom is 0.364 e. The highest BCUT2D eigenvalue weighted by atomic mass is 31.2. The third-order valence-electron chi connectivity index (χ3n) is 3.18. The van der Waals surface area contributed by atoms with Gasteiger partial charge in [-0.05, 0) is 29.8 Å². The molecule has 0 aliphatic carbocycles. The SMILES string of the molecule is C=CCOP(=O)(OCC=C)C(O)c1cccc(Oc2ccccc2)c1. The molecule has 0 spiro atoms. The second-order valence-electron chi connectivity index (χ2n) is 5.07. The van der Waals surface area contributed by atoms with Gasteiger partial charge < -0.3 is 18.9 Å². The van der Waals surface area contributed by atoms with Crippen molar-refractivity contribution in [1.82, 2.24) is 0 Å². The van der Waals surface area contributed by atoms with Gasteiger partial charge in [-0.1, -0.05) is 42.5 Å². The van der Waals surface area contributed by atoms with Crippen LogP contribution in [0.5, 0.6) is 11.5 Å². The topological polar surface area (TPSA) is 65.0 Å². The highest BCUT2D eigenvalue weighted by molar-refractivity contribution is 7.54. The normalized spacial score (nSPS) is 12.4. The van der Waals surface area contributed by atoms with Crippen LogP contribution in [0.2, 0.25) is 0 Å². The standard InChI is InChI=1S/C19H21O5P/c1-3-13-22-25(21,23-14-4-2)19(20)16-9-8-12-18(15-16)24-17-10-6-5-7-11-17/h3-12,15,19-20H,1-2,13-14H2. The molecule has 1 unspecified atom stereocenters. The van der Waals surface area contributed by atoms with Gasteiger partial charge in [0, 0.05) is 0 Å². The summed E-state index contributed by atoms with van der Waals surface area (Å²) in [6.45, 7) is 7.01. The predicted molar refractivity (Wildman–Crippen MR) is 97.8 cm³/mol. The summed E-state index contributed by atoms with van der Waals surface area (Å²) in [4.78, 5) is 0. The molecule has 2 rings (SSSR count). The van der Waals surface area contributed by atoms with Gasteiger partial charge in [0.2, 0.25) is 0 Å². The van der Waals surface area contributed by atoms with Gasteiger partial charge in [0.05, 0.1) is 13.2 Å². The predicted octanol–water partition coefficient (Wildman–Crippen LogP) is 5.07. The van der Waals surface area contributed by atoms with Gasteiger partial charge in [-0.2, -0.15) is 0 Å². The molecule has 1 atom stereocenters. The zero-order chi connectivity index (χ0) is 18.1. The molecule has 0 aromatic heterocycles. The zero-order valence-electron chi connectivity index (χ0n) is 13.8. The molecule has 132 valence electrons. The van der Waals surface area contributed by atoms with Crippen molar-refractivity contribution >= 4 is 7.60 Å². The Hall–Kier alpha value is -2.17. The Balaban J connectivity index is 2.22. The fourth-order valence-electron chi connectivity index (χ4n) is 2.04. The lowest BCUT2D eigenvalue weighted by Crippen LogP contribution is -2.06. The lowest BCUT2D eigenvalue weighted by Gasteiger charge is -2.23. The lowest BCUT2D eigenvalue weighted by molar-refractivity contribution is 0.158. The molecular formula is C19H21O5P. The van der Waals surface area contributed by atoms with Crippen LogP contribution in [0.1, 0.15) is 11.4 Å². The summed E-state index contributed by atoms with van der Waals surface area (Å²) < 4.78 is 29.1. The van der Waals surface area contributed by atoms with Crippen molar-refractivity contribution in [2.45, 2.75) is 5.85 Å². The van der Waals surface area contributed by atoms with Gasteiger partial charge in [-0.25, -0.2) is 0 Å². The number of aliphatic hydroxyl groups excluding tert-OH is 1. The molecule has 0 radical (unpaired) electrons. The Kier molecular flexibility index (Phi) is 7.16. The average Bonchev–Trinajstić information content (AvgIpc) is 2.65. The molecule has 5 nitrogen and oxygen atoms in total. The van der Waals surface area contributed by atoms with Gasteiger partial charge >= 0.3 is 7.60 Å². The fraction of sp³-hybridized carbons (Fsp3) is 0.158. The molecule has 25 heavy (non-hydrogen) atoms. The van der Waals surface area contributed by atoms with Crippen LogP contribution in [0.15, 0.2) is 79.9 Å². The zero-order valence-corrected chi connectivity index (χ0v) is 14.7. The van der Waals surface area contributed by atoms with Gasteiger partial charge in [0.25, 0.3) is 0 Å². The lowest BCUT2D eigenvalue weighted by atomic mass is 10.2. The molecule has 0 heterocycles. The van der Waals surface area contributed by atoms with E-state index < -0.39 is 13.4 Å². The molecule has 0 saturated carbocycles. The van der Waals surface area contributed by atoms with Gasteiger partial charge in [-0.15, -0.1) is 13.2 Å². The van der Waals surface area contributed by atoms with Crippen LogP contribution in [0.3, 0.4) is 0 Å². The van der Waals surface area contributed by atoms with Crippen LogP contribution >= 0.6 is 7.60 Å². The largest absolute Gasteiger partial charge is 0.457 e. The smallest absolute Gasteiger partial charge is 0.364 e. The van der Waals surface area contributed by atoms with E-state index in [4.69, 9.17) is 13.8 Å². The summed E-state index contributed by atoms with van der Waals surface area (Å²) in [5.74, 6) is -0.295. The molecule has 0 bridgehead atoms. The van der Waals surface area contributed by atoms with Crippen molar-refractivity contribution in [3.8, 4) is 11.5 Å². The molecule has 2 aromatic carbocycles. The summed E-state index contributed by atoms with van der Waals surface area (Å²) >= 11 is 0. The fourth-order valence-corrected chi connectivity index (χ4v) is 3.55. The van der Waals surface area contributed by atoms with E-state index in [1.807, 2.05) is 30.3 Å². The van der Waals surface area contributed by atoms with Crippen molar-refractivity contribution in [2.24, 2.45) is 0 Å². The van der Waals surface area contributed by atoms with Crippen LogP contribution in [0.4, 0.5) is 0 Å². The van der Waals surface area contributed by atoms with Gasteiger partial charge in [-0.3, -0.25) is 4.57 Å². The van der Waals surface area contributed by atoms with Crippen LogP contribution in [0, 0.1) is 0 Å². The maximum atomic E-state index is 12.9. The summed E-state index contributed by atoms with van der Waals surface area (Å²) in [5.41, 5.74) is 0.366. The summed E-state index contributed by atoms with van der Waals surface area (Å²) in [5, 5.41) is 10.5. The van der Waals surface area contributed by atoms with E-state index >= 15 is 0 Å². The van der Waals surface area contributed by atoms with E-state index in [1.165, 1.54) is 12.2 Å². The van der Waals surface area contributed by atoms with Gasteiger partial charge in [0.15, 0.2) is 5.85 Å². The number of para-hydroxylation sites is 1. The molecule has 0 fully saturated rings. The minimum absolute atomic E-state index is 0.00825. The van der Waals surface area contributed by atoms with E-state index in [0.29, 0.717) is 17.1 Å². The van der Waals surface area contributed by atoms with Crippen molar-refractivity contribution in [2.75, 3.05) is 13.2 Å². The second-order valence-corrected chi connectivity index (χ2v) is 7.16. The Morgan fingerprint density at radius 1 is 0.960 bits per heavy atom. The van der Waals surface area contributed by atoms with E-state index in [9.17, 15) is 9.67 Å². The molecule has 0 aliphatic rings. The maximum absolute atomic E-state index is 12.9. The summed E-state index contributed by atoms with van der Waals surface area (Å²) in [6.07, 6.45) is 2.87. The number of hydrogen-bond acceptors (Lipinski definition) is 5. The van der Waals surface area contributed by atoms with Crippen LogP contribution in [-0.4, -0.2) is 18.3 Å². The Morgan fingerprint density at radius 3 is 2.16 bits per heavy atom.